The number of halogens is 1. The predicted molar refractivity (Wildman–Crippen MR) is 142 cm³/mol. The lowest BCUT2D eigenvalue weighted by atomic mass is 9.90. The maximum absolute atomic E-state index is 13.6. The molecule has 0 radical (unpaired) electrons. The Morgan fingerprint density at radius 1 is 1.26 bits per heavy atom. The number of nitrogens with zero attached hydrogens (tertiary/aromatic N) is 5. The van der Waals surface area contributed by atoms with Gasteiger partial charge in [-0.3, -0.25) is 13.8 Å². The Hall–Kier alpha value is -3.27. The number of rotatable bonds is 6. The first-order chi connectivity index (χ1) is 17.8. The van der Waals surface area contributed by atoms with Crippen molar-refractivity contribution >= 4 is 17.1 Å². The van der Waals surface area contributed by atoms with E-state index in [0.717, 1.165) is 79.9 Å². The van der Waals surface area contributed by atoms with Crippen molar-refractivity contribution in [3.63, 3.8) is 0 Å². The van der Waals surface area contributed by atoms with Crippen LogP contribution in [0.5, 0.6) is 0 Å². The van der Waals surface area contributed by atoms with Crippen molar-refractivity contribution in [2.45, 2.75) is 57.9 Å². The maximum atomic E-state index is 13.6. The Balaban J connectivity index is 0.00000336. The second-order valence-electron chi connectivity index (χ2n) is 10.7. The molecule has 0 atom stereocenters. The molecule has 10 heteroatoms. The first-order valence-electron chi connectivity index (χ1n) is 13.1. The van der Waals surface area contributed by atoms with Crippen molar-refractivity contribution in [1.29, 1.82) is 0 Å². The third-order valence-corrected chi connectivity index (χ3v) is 8.00. The molecule has 5 rings (SSSR count). The lowest BCUT2D eigenvalue weighted by molar-refractivity contribution is -0.948. The first kappa shape index (κ1) is 27.8. The molecular formula is C28H38FN5O4. The molecule has 206 valence electrons. The molecule has 1 aromatic carbocycles. The van der Waals surface area contributed by atoms with Gasteiger partial charge in [-0.15, -0.1) is 0 Å². The molecule has 1 saturated heterocycles. The number of benzene rings is 1. The number of carbonyl (C=O) groups excluding carboxylic acids is 1. The topological polar surface area (TPSA) is 90.5 Å². The number of quaternary nitrogens is 1. The van der Waals surface area contributed by atoms with Crippen molar-refractivity contribution in [2.75, 3.05) is 40.5 Å². The van der Waals surface area contributed by atoms with E-state index in [9.17, 15) is 14.0 Å². The fourth-order valence-corrected chi connectivity index (χ4v) is 5.72. The van der Waals surface area contributed by atoms with E-state index in [0.29, 0.717) is 23.0 Å². The molecule has 0 spiro atoms. The summed E-state index contributed by atoms with van der Waals surface area (Å²) in [4.78, 5) is 31.8. The summed E-state index contributed by atoms with van der Waals surface area (Å²) in [7, 11) is 3.33. The van der Waals surface area contributed by atoms with Crippen molar-refractivity contribution < 1.29 is 22.9 Å². The van der Waals surface area contributed by atoms with Gasteiger partial charge in [-0.1, -0.05) is 5.16 Å². The van der Waals surface area contributed by atoms with Crippen LogP contribution < -0.4 is 5.56 Å². The highest BCUT2D eigenvalue weighted by molar-refractivity contribution is 5.79. The van der Waals surface area contributed by atoms with E-state index in [-0.39, 0.29) is 37.5 Å². The standard InChI is InChI=1S/C27H35FN5O4.CH3/c1-18-21(26(34)32-12-5-4-6-24(32)29-18)11-15-33(17-36-27(35)31(2)3)13-9-19(10-14-33)25-22-8-7-20(28)16-23(22)37-30-25;/h7-8,16,19H,4-6,9-15,17H2,1-3H3;1H3/q+1;-1. The number of hydrogen-bond acceptors (Lipinski definition) is 6. The lowest BCUT2D eigenvalue weighted by Gasteiger charge is -2.42. The smallest absolute Gasteiger partial charge is 0.399 e. The largest absolute Gasteiger partial charge is 0.413 e. The Bertz CT molecular complexity index is 1360. The SMILES string of the molecule is Cc1nc2n(c(=O)c1CC[N+]1(COC(=O)N(C)C)CCC(c3noc4cc(F)ccc34)CC1)CCCC2.[CH3-]. The molecule has 3 aromatic rings. The molecule has 38 heavy (non-hydrogen) atoms. The Morgan fingerprint density at radius 3 is 2.76 bits per heavy atom. The number of amides is 1. The number of fused-ring (bicyclic) bond motifs is 2. The molecule has 2 aliphatic rings. The molecule has 2 aromatic heterocycles. The third-order valence-electron chi connectivity index (χ3n) is 8.00. The van der Waals surface area contributed by atoms with E-state index >= 15 is 0 Å². The van der Waals surface area contributed by atoms with Gasteiger partial charge in [0.1, 0.15) is 11.6 Å². The molecule has 1 amide bonds. The quantitative estimate of drug-likeness (QED) is 0.352. The van der Waals surface area contributed by atoms with Gasteiger partial charge in [0, 0.05) is 75.0 Å². The number of aromatic nitrogens is 3. The second-order valence-corrected chi connectivity index (χ2v) is 10.7. The summed E-state index contributed by atoms with van der Waals surface area (Å²) in [6.45, 7) is 5.10. The zero-order valence-corrected chi connectivity index (χ0v) is 22.8. The third kappa shape index (κ3) is 5.45. The number of aryl methyl sites for hydroxylation is 2. The molecule has 2 aliphatic heterocycles. The minimum atomic E-state index is -0.379. The fourth-order valence-electron chi connectivity index (χ4n) is 5.72. The van der Waals surface area contributed by atoms with Crippen molar-refractivity contribution in [1.82, 2.24) is 19.6 Å². The van der Waals surface area contributed by atoms with E-state index in [1.165, 1.54) is 17.0 Å². The van der Waals surface area contributed by atoms with Crippen LogP contribution in [0.25, 0.3) is 11.0 Å². The minimum Gasteiger partial charge on any atom is -0.399 e. The summed E-state index contributed by atoms with van der Waals surface area (Å²) < 4.78 is 27.1. The van der Waals surface area contributed by atoms with Crippen LogP contribution in [0, 0.1) is 20.2 Å². The number of piperidine rings is 1. The van der Waals surface area contributed by atoms with Gasteiger partial charge in [0.15, 0.2) is 5.58 Å². The van der Waals surface area contributed by atoms with Crippen LogP contribution in [0.15, 0.2) is 27.5 Å². The summed E-state index contributed by atoms with van der Waals surface area (Å²) in [5.41, 5.74) is 2.94. The highest BCUT2D eigenvalue weighted by Gasteiger charge is 2.37. The van der Waals surface area contributed by atoms with Crippen molar-refractivity contribution in [3.05, 3.63) is 64.6 Å². The maximum Gasteiger partial charge on any atom is 0.413 e. The summed E-state index contributed by atoms with van der Waals surface area (Å²) in [5, 5.41) is 5.11. The Labute approximate surface area is 222 Å². The van der Waals surface area contributed by atoms with Crippen LogP contribution in [0.3, 0.4) is 0 Å². The molecule has 0 bridgehead atoms. The lowest BCUT2D eigenvalue weighted by Crippen LogP contribution is -2.56. The molecule has 1 fully saturated rings. The van der Waals surface area contributed by atoms with Crippen molar-refractivity contribution in [3.8, 4) is 0 Å². The minimum absolute atomic E-state index is 0. The van der Waals surface area contributed by atoms with Crippen molar-refractivity contribution in [2.24, 2.45) is 0 Å². The summed E-state index contributed by atoms with van der Waals surface area (Å²) in [6, 6.07) is 4.52. The number of carbonyl (C=O) groups is 1. The monoisotopic (exact) mass is 527 g/mol. The van der Waals surface area contributed by atoms with E-state index in [2.05, 4.69) is 5.16 Å². The summed E-state index contributed by atoms with van der Waals surface area (Å²) in [6.07, 6.45) is 4.76. The number of ether oxygens (including phenoxy) is 1. The van der Waals surface area contributed by atoms with E-state index in [4.69, 9.17) is 14.2 Å². The highest BCUT2D eigenvalue weighted by Crippen LogP contribution is 2.35. The van der Waals surface area contributed by atoms with Gasteiger partial charge in [0.05, 0.1) is 25.3 Å². The van der Waals surface area contributed by atoms with Crippen LogP contribution in [-0.2, 0) is 24.1 Å². The van der Waals surface area contributed by atoms with Gasteiger partial charge < -0.3 is 21.6 Å². The molecule has 4 heterocycles. The molecule has 9 nitrogen and oxygen atoms in total. The Morgan fingerprint density at radius 2 is 2.03 bits per heavy atom. The van der Waals surface area contributed by atoms with Gasteiger partial charge in [0.2, 0.25) is 6.73 Å². The summed E-state index contributed by atoms with van der Waals surface area (Å²) >= 11 is 0. The van der Waals surface area contributed by atoms with Gasteiger partial charge >= 0.3 is 6.09 Å². The van der Waals surface area contributed by atoms with Crippen LogP contribution in [0.4, 0.5) is 9.18 Å². The van der Waals surface area contributed by atoms with E-state index in [1.54, 1.807) is 20.2 Å². The van der Waals surface area contributed by atoms with Gasteiger partial charge in [-0.05, 0) is 31.9 Å². The zero-order valence-electron chi connectivity index (χ0n) is 22.8. The van der Waals surface area contributed by atoms with Gasteiger partial charge in [-0.25, -0.2) is 14.2 Å². The number of likely N-dealkylation sites (tertiary alicyclic amines) is 1. The van der Waals surface area contributed by atoms with Crippen LogP contribution >= 0.6 is 0 Å². The van der Waals surface area contributed by atoms with Crippen LogP contribution in [-0.4, -0.2) is 70.6 Å². The second kappa shape index (κ2) is 11.2. The fraction of sp³-hybridized carbons (Fsp3) is 0.536. The molecule has 0 unspecified atom stereocenters. The Kier molecular flexibility index (Phi) is 8.20. The van der Waals surface area contributed by atoms with E-state index in [1.807, 2.05) is 11.5 Å². The average Bonchev–Trinajstić information content (AvgIpc) is 3.30. The first-order valence-corrected chi connectivity index (χ1v) is 13.1. The van der Waals surface area contributed by atoms with Gasteiger partial charge in [0.25, 0.3) is 5.56 Å². The highest BCUT2D eigenvalue weighted by atomic mass is 19.1. The summed E-state index contributed by atoms with van der Waals surface area (Å²) in [5.74, 6) is 0.710. The molecular weight excluding hydrogens is 489 g/mol. The van der Waals surface area contributed by atoms with E-state index < -0.39 is 0 Å². The predicted octanol–water partition coefficient (Wildman–Crippen LogP) is 4.21. The molecule has 0 saturated carbocycles. The molecule has 0 N–H and O–H groups in total. The zero-order chi connectivity index (χ0) is 26.2. The average molecular weight is 528 g/mol. The van der Waals surface area contributed by atoms with Gasteiger partial charge in [-0.2, -0.15) is 0 Å². The van der Waals surface area contributed by atoms with Crippen LogP contribution in [0.1, 0.15) is 54.4 Å². The molecule has 0 aliphatic carbocycles. The van der Waals surface area contributed by atoms with Crippen LogP contribution in [0.2, 0.25) is 0 Å². The number of hydrogen-bond donors (Lipinski definition) is 0. The normalized spacial score (nSPS) is 21.0.